The number of hydrogen-bond donors (Lipinski definition) is 0. The minimum atomic E-state index is -0.408. The molecule has 3 aromatic rings. The average Bonchev–Trinajstić information content (AvgIpc) is 2.79. The number of anilines is 1. The maximum atomic E-state index is 12.6. The van der Waals surface area contributed by atoms with Crippen molar-refractivity contribution in [1.29, 1.82) is 0 Å². The highest BCUT2D eigenvalue weighted by molar-refractivity contribution is 9.10. The van der Waals surface area contributed by atoms with E-state index in [2.05, 4.69) is 20.8 Å². The molecule has 8 heteroatoms. The van der Waals surface area contributed by atoms with E-state index < -0.39 is 4.92 Å². The molecule has 1 aliphatic heterocycles. The van der Waals surface area contributed by atoms with Crippen LogP contribution in [0.5, 0.6) is 5.75 Å². The van der Waals surface area contributed by atoms with E-state index in [1.54, 1.807) is 17.0 Å². The molecule has 0 saturated carbocycles. The molecule has 1 aliphatic rings. The first-order valence-electron chi connectivity index (χ1n) is 9.60. The Labute approximate surface area is 182 Å². The van der Waals surface area contributed by atoms with Gasteiger partial charge in [0.1, 0.15) is 5.75 Å². The van der Waals surface area contributed by atoms with Crippen LogP contribution in [0.2, 0.25) is 0 Å². The van der Waals surface area contributed by atoms with E-state index in [-0.39, 0.29) is 18.2 Å². The van der Waals surface area contributed by atoms with Crippen molar-refractivity contribution >= 4 is 44.0 Å². The van der Waals surface area contributed by atoms with Gasteiger partial charge in [0.2, 0.25) is 0 Å². The Morgan fingerprint density at radius 1 is 1.00 bits per heavy atom. The molecule has 0 bridgehead atoms. The highest BCUT2D eigenvalue weighted by Crippen LogP contribution is 2.33. The predicted octanol–water partition coefficient (Wildman–Crippen LogP) is 4.24. The van der Waals surface area contributed by atoms with Crippen molar-refractivity contribution < 1.29 is 14.5 Å². The predicted molar refractivity (Wildman–Crippen MR) is 119 cm³/mol. The normalized spacial score (nSPS) is 14.0. The molecule has 30 heavy (non-hydrogen) atoms. The molecule has 154 valence electrons. The van der Waals surface area contributed by atoms with E-state index in [0.29, 0.717) is 31.9 Å². The summed E-state index contributed by atoms with van der Waals surface area (Å²) in [6.07, 6.45) is 0. The van der Waals surface area contributed by atoms with Crippen molar-refractivity contribution in [3.05, 3.63) is 75.3 Å². The Hall–Kier alpha value is -3.13. The Kier molecular flexibility index (Phi) is 5.85. The van der Waals surface area contributed by atoms with E-state index in [4.69, 9.17) is 4.74 Å². The monoisotopic (exact) mass is 469 g/mol. The second-order valence-corrected chi connectivity index (χ2v) is 7.82. The molecule has 0 unspecified atom stereocenters. The lowest BCUT2D eigenvalue weighted by atomic mass is 10.1. The van der Waals surface area contributed by atoms with Crippen molar-refractivity contribution in [2.45, 2.75) is 0 Å². The molecule has 4 rings (SSSR count). The summed E-state index contributed by atoms with van der Waals surface area (Å²) in [5, 5.41) is 12.9. The highest BCUT2D eigenvalue weighted by Gasteiger charge is 2.22. The summed E-state index contributed by atoms with van der Waals surface area (Å²) in [5.41, 5.74) is 0.994. The van der Waals surface area contributed by atoms with E-state index >= 15 is 0 Å². The lowest BCUT2D eigenvalue weighted by Gasteiger charge is -2.36. The molecule has 0 aliphatic carbocycles. The van der Waals surface area contributed by atoms with Crippen LogP contribution in [0.3, 0.4) is 0 Å². The third kappa shape index (κ3) is 4.23. The topological polar surface area (TPSA) is 75.9 Å². The van der Waals surface area contributed by atoms with Crippen molar-refractivity contribution in [2.75, 3.05) is 37.7 Å². The average molecular weight is 470 g/mol. The van der Waals surface area contributed by atoms with Gasteiger partial charge >= 0.3 is 0 Å². The standard InChI is InChI=1S/C22H20BrN3O4/c23-22-19-4-2-1-3-16(19)5-10-20(22)30-15-21(27)25-13-11-24(12-14-25)17-6-8-18(9-7-17)26(28)29/h1-10H,11-15H2. The number of non-ortho nitro benzene ring substituents is 1. The van der Waals surface area contributed by atoms with Gasteiger partial charge < -0.3 is 14.5 Å². The van der Waals surface area contributed by atoms with Gasteiger partial charge in [-0.2, -0.15) is 0 Å². The summed E-state index contributed by atoms with van der Waals surface area (Å²) in [6.45, 7) is 2.48. The lowest BCUT2D eigenvalue weighted by Crippen LogP contribution is -2.50. The van der Waals surface area contributed by atoms with Crippen LogP contribution in [0, 0.1) is 10.1 Å². The number of hydrogen-bond acceptors (Lipinski definition) is 5. The molecule has 1 heterocycles. The van der Waals surface area contributed by atoms with Crippen LogP contribution >= 0.6 is 15.9 Å². The highest BCUT2D eigenvalue weighted by atomic mass is 79.9. The Morgan fingerprint density at radius 2 is 1.70 bits per heavy atom. The molecule has 1 fully saturated rings. The van der Waals surface area contributed by atoms with Crippen molar-refractivity contribution in [3.8, 4) is 5.75 Å². The van der Waals surface area contributed by atoms with Crippen LogP contribution in [-0.2, 0) is 4.79 Å². The number of fused-ring (bicyclic) bond motifs is 1. The van der Waals surface area contributed by atoms with Crippen LogP contribution in [0.1, 0.15) is 0 Å². The summed E-state index contributed by atoms with van der Waals surface area (Å²) in [6, 6.07) is 18.3. The number of rotatable bonds is 5. The second-order valence-electron chi connectivity index (χ2n) is 7.03. The number of amides is 1. The van der Waals surface area contributed by atoms with Gasteiger partial charge in [0.25, 0.3) is 11.6 Å². The number of carbonyl (C=O) groups excluding carboxylic acids is 1. The summed E-state index contributed by atoms with van der Waals surface area (Å²) in [5.74, 6) is 0.588. The fourth-order valence-corrected chi connectivity index (χ4v) is 4.16. The Morgan fingerprint density at radius 3 is 2.40 bits per heavy atom. The number of nitro groups is 1. The SMILES string of the molecule is O=C(COc1ccc2ccccc2c1Br)N1CCN(c2ccc([N+](=O)[O-])cc2)CC1. The van der Waals surface area contributed by atoms with Crippen LogP contribution in [0.25, 0.3) is 10.8 Å². The molecule has 0 radical (unpaired) electrons. The number of carbonyl (C=O) groups is 1. The van der Waals surface area contributed by atoms with Gasteiger partial charge in [-0.1, -0.05) is 30.3 Å². The first-order valence-corrected chi connectivity index (χ1v) is 10.4. The molecule has 1 saturated heterocycles. The van der Waals surface area contributed by atoms with Crippen molar-refractivity contribution in [1.82, 2.24) is 4.90 Å². The summed E-state index contributed by atoms with van der Waals surface area (Å²) in [4.78, 5) is 26.9. The number of piperazine rings is 1. The minimum absolute atomic E-state index is 0.0194. The molecule has 0 aromatic heterocycles. The number of nitrogens with zero attached hydrogens (tertiary/aromatic N) is 3. The number of ether oxygens (including phenoxy) is 1. The van der Waals surface area contributed by atoms with Gasteiger partial charge in [-0.05, 0) is 44.9 Å². The Bertz CT molecular complexity index is 1080. The van der Waals surface area contributed by atoms with Crippen LogP contribution < -0.4 is 9.64 Å². The fourth-order valence-electron chi connectivity index (χ4n) is 3.56. The molecule has 3 aromatic carbocycles. The third-order valence-corrected chi connectivity index (χ3v) is 6.06. The first-order chi connectivity index (χ1) is 14.5. The quantitative estimate of drug-likeness (QED) is 0.412. The largest absolute Gasteiger partial charge is 0.483 e. The fraction of sp³-hybridized carbons (Fsp3) is 0.227. The summed E-state index contributed by atoms with van der Waals surface area (Å²) < 4.78 is 6.64. The van der Waals surface area contributed by atoms with Gasteiger partial charge in [0, 0.05) is 44.0 Å². The molecule has 1 amide bonds. The summed E-state index contributed by atoms with van der Waals surface area (Å²) in [7, 11) is 0. The molecular formula is C22H20BrN3O4. The summed E-state index contributed by atoms with van der Waals surface area (Å²) >= 11 is 3.58. The molecule has 0 N–H and O–H groups in total. The maximum Gasteiger partial charge on any atom is 0.269 e. The minimum Gasteiger partial charge on any atom is -0.483 e. The first kappa shape index (κ1) is 20.2. The second kappa shape index (κ2) is 8.71. The van der Waals surface area contributed by atoms with E-state index in [1.807, 2.05) is 36.4 Å². The molecule has 0 atom stereocenters. The van der Waals surface area contributed by atoms with Crippen molar-refractivity contribution in [3.63, 3.8) is 0 Å². The molecule has 0 spiro atoms. The Balaban J connectivity index is 1.32. The number of benzene rings is 3. The zero-order valence-electron chi connectivity index (χ0n) is 16.2. The van der Waals surface area contributed by atoms with Gasteiger partial charge in [-0.25, -0.2) is 0 Å². The van der Waals surface area contributed by atoms with Crippen LogP contribution in [0.4, 0.5) is 11.4 Å². The molecular weight excluding hydrogens is 450 g/mol. The van der Waals surface area contributed by atoms with Crippen LogP contribution in [0.15, 0.2) is 65.1 Å². The van der Waals surface area contributed by atoms with E-state index in [0.717, 1.165) is 20.9 Å². The number of halogens is 1. The van der Waals surface area contributed by atoms with Gasteiger partial charge in [0.05, 0.1) is 9.40 Å². The van der Waals surface area contributed by atoms with Gasteiger partial charge in [-0.15, -0.1) is 0 Å². The van der Waals surface area contributed by atoms with Gasteiger partial charge in [-0.3, -0.25) is 14.9 Å². The zero-order valence-corrected chi connectivity index (χ0v) is 17.7. The number of nitro benzene ring substituents is 1. The van der Waals surface area contributed by atoms with Gasteiger partial charge in [0.15, 0.2) is 6.61 Å². The van der Waals surface area contributed by atoms with E-state index in [9.17, 15) is 14.9 Å². The third-order valence-electron chi connectivity index (χ3n) is 5.24. The lowest BCUT2D eigenvalue weighted by molar-refractivity contribution is -0.384. The maximum absolute atomic E-state index is 12.6. The van der Waals surface area contributed by atoms with Crippen molar-refractivity contribution in [2.24, 2.45) is 0 Å². The smallest absolute Gasteiger partial charge is 0.269 e. The molecule has 7 nitrogen and oxygen atoms in total. The van der Waals surface area contributed by atoms with E-state index in [1.165, 1.54) is 12.1 Å². The van der Waals surface area contributed by atoms with Crippen LogP contribution in [-0.4, -0.2) is 48.5 Å². The zero-order chi connectivity index (χ0) is 21.1.